The Hall–Kier alpha value is -1.57. The molecule has 0 amide bonds. The standard InChI is InChI=1S/C11H13ClN4O2S/c1-7-2-9(3-10(13)11(7)12)19(17,18)16-5-8-4-14-6-15-8/h2-4,6,16H,5,13H2,1H3,(H,14,15). The van der Waals surface area contributed by atoms with E-state index in [1.54, 1.807) is 13.1 Å². The summed E-state index contributed by atoms with van der Waals surface area (Å²) >= 11 is 5.90. The molecule has 0 aliphatic heterocycles. The van der Waals surface area contributed by atoms with Crippen molar-refractivity contribution in [3.8, 4) is 0 Å². The van der Waals surface area contributed by atoms with Gasteiger partial charge in [-0.1, -0.05) is 11.6 Å². The maximum atomic E-state index is 12.1. The number of benzene rings is 1. The molecule has 0 radical (unpaired) electrons. The number of halogens is 1. The number of nitrogen functional groups attached to an aromatic ring is 1. The molecule has 1 aromatic carbocycles. The Morgan fingerprint density at radius 3 is 2.79 bits per heavy atom. The molecule has 2 rings (SSSR count). The molecule has 0 fully saturated rings. The highest BCUT2D eigenvalue weighted by atomic mass is 35.5. The van der Waals surface area contributed by atoms with Gasteiger partial charge in [0.25, 0.3) is 0 Å². The molecule has 0 aliphatic carbocycles. The number of rotatable bonds is 4. The number of nitrogens with zero attached hydrogens (tertiary/aromatic N) is 1. The van der Waals surface area contributed by atoms with E-state index in [-0.39, 0.29) is 17.1 Å². The largest absolute Gasteiger partial charge is 0.397 e. The van der Waals surface area contributed by atoms with Crippen LogP contribution in [0.1, 0.15) is 11.3 Å². The lowest BCUT2D eigenvalue weighted by Gasteiger charge is -2.09. The van der Waals surface area contributed by atoms with Gasteiger partial charge in [0.1, 0.15) is 0 Å². The molecule has 1 aromatic heterocycles. The van der Waals surface area contributed by atoms with E-state index in [1.807, 2.05) is 0 Å². The zero-order chi connectivity index (χ0) is 14.0. The van der Waals surface area contributed by atoms with E-state index >= 15 is 0 Å². The fourth-order valence-electron chi connectivity index (χ4n) is 1.56. The summed E-state index contributed by atoms with van der Waals surface area (Å²) in [4.78, 5) is 6.71. The molecule has 6 nitrogen and oxygen atoms in total. The van der Waals surface area contributed by atoms with Gasteiger partial charge in [-0.25, -0.2) is 18.1 Å². The first-order chi connectivity index (χ1) is 8.90. The molecular weight excluding hydrogens is 288 g/mol. The Morgan fingerprint density at radius 2 is 2.21 bits per heavy atom. The fraction of sp³-hybridized carbons (Fsp3) is 0.182. The highest BCUT2D eigenvalue weighted by Gasteiger charge is 2.16. The van der Waals surface area contributed by atoms with Crippen LogP contribution in [0.5, 0.6) is 0 Å². The van der Waals surface area contributed by atoms with Gasteiger partial charge >= 0.3 is 0 Å². The monoisotopic (exact) mass is 300 g/mol. The summed E-state index contributed by atoms with van der Waals surface area (Å²) < 4.78 is 26.7. The number of hydrogen-bond acceptors (Lipinski definition) is 4. The summed E-state index contributed by atoms with van der Waals surface area (Å²) in [6.07, 6.45) is 3.03. The molecule has 2 aromatic rings. The summed E-state index contributed by atoms with van der Waals surface area (Å²) in [5, 5.41) is 0.368. The second kappa shape index (κ2) is 5.20. The smallest absolute Gasteiger partial charge is 0.241 e. The minimum absolute atomic E-state index is 0.0893. The van der Waals surface area contributed by atoms with Crippen molar-refractivity contribution in [1.82, 2.24) is 14.7 Å². The van der Waals surface area contributed by atoms with E-state index in [0.29, 0.717) is 16.3 Å². The molecule has 0 atom stereocenters. The molecule has 0 unspecified atom stereocenters. The number of aromatic nitrogens is 2. The molecule has 102 valence electrons. The van der Waals surface area contributed by atoms with Gasteiger partial charge in [0.2, 0.25) is 10.0 Å². The molecular formula is C11H13ClN4O2S. The van der Waals surface area contributed by atoms with Gasteiger partial charge in [-0.15, -0.1) is 0 Å². The lowest BCUT2D eigenvalue weighted by Crippen LogP contribution is -2.23. The number of aromatic amines is 1. The van der Waals surface area contributed by atoms with E-state index in [9.17, 15) is 8.42 Å². The number of sulfonamides is 1. The van der Waals surface area contributed by atoms with E-state index in [1.165, 1.54) is 18.5 Å². The molecule has 8 heteroatoms. The van der Waals surface area contributed by atoms with E-state index in [4.69, 9.17) is 17.3 Å². The van der Waals surface area contributed by atoms with E-state index in [0.717, 1.165) is 0 Å². The van der Waals surface area contributed by atoms with Gasteiger partial charge in [0, 0.05) is 11.9 Å². The van der Waals surface area contributed by atoms with Crippen molar-refractivity contribution < 1.29 is 8.42 Å². The maximum Gasteiger partial charge on any atom is 0.241 e. The quantitative estimate of drug-likeness (QED) is 0.744. The zero-order valence-electron chi connectivity index (χ0n) is 10.1. The van der Waals surface area contributed by atoms with Gasteiger partial charge in [-0.05, 0) is 24.6 Å². The first-order valence-corrected chi connectivity index (χ1v) is 7.29. The molecule has 0 bridgehead atoms. The van der Waals surface area contributed by atoms with E-state index < -0.39 is 10.0 Å². The van der Waals surface area contributed by atoms with Crippen molar-refractivity contribution in [3.05, 3.63) is 40.9 Å². The first-order valence-electron chi connectivity index (χ1n) is 5.42. The Kier molecular flexibility index (Phi) is 3.79. The van der Waals surface area contributed by atoms with Gasteiger partial charge < -0.3 is 10.7 Å². The average molecular weight is 301 g/mol. The van der Waals surface area contributed by atoms with Crippen LogP contribution in [0.25, 0.3) is 0 Å². The van der Waals surface area contributed by atoms with Crippen LogP contribution in [0, 0.1) is 6.92 Å². The van der Waals surface area contributed by atoms with Crippen molar-refractivity contribution in [2.24, 2.45) is 0 Å². The highest BCUT2D eigenvalue weighted by molar-refractivity contribution is 7.89. The lowest BCUT2D eigenvalue weighted by atomic mass is 10.2. The maximum absolute atomic E-state index is 12.1. The average Bonchev–Trinajstić information content (AvgIpc) is 2.86. The predicted molar refractivity (Wildman–Crippen MR) is 73.2 cm³/mol. The van der Waals surface area contributed by atoms with Crippen molar-refractivity contribution in [3.63, 3.8) is 0 Å². The second-order valence-corrected chi connectivity index (χ2v) is 6.19. The number of nitrogens with two attached hydrogens (primary N) is 1. The number of hydrogen-bond donors (Lipinski definition) is 3. The van der Waals surface area contributed by atoms with Gasteiger partial charge in [-0.2, -0.15) is 0 Å². The molecule has 0 aliphatic rings. The third-order valence-corrected chi connectivity index (χ3v) is 4.47. The number of nitrogens with one attached hydrogen (secondary N) is 2. The molecule has 0 saturated carbocycles. The Balaban J connectivity index is 2.24. The van der Waals surface area contributed by atoms with Gasteiger partial charge in [-0.3, -0.25) is 0 Å². The van der Waals surface area contributed by atoms with Gasteiger partial charge in [0.05, 0.1) is 28.5 Å². The van der Waals surface area contributed by atoms with Crippen LogP contribution < -0.4 is 10.5 Å². The van der Waals surface area contributed by atoms with E-state index in [2.05, 4.69) is 14.7 Å². The SMILES string of the molecule is Cc1cc(S(=O)(=O)NCc2cnc[nH]2)cc(N)c1Cl. The highest BCUT2D eigenvalue weighted by Crippen LogP contribution is 2.26. The Labute approximate surface area is 116 Å². The van der Waals surface area contributed by atoms with Crippen LogP contribution in [0.2, 0.25) is 5.02 Å². The molecule has 1 heterocycles. The van der Waals surface area contributed by atoms with Gasteiger partial charge in [0.15, 0.2) is 0 Å². The third-order valence-electron chi connectivity index (χ3n) is 2.57. The summed E-state index contributed by atoms with van der Waals surface area (Å²) in [5.74, 6) is 0. The normalized spacial score (nSPS) is 11.7. The predicted octanol–water partition coefficient (Wildman–Crippen LogP) is 1.43. The summed E-state index contributed by atoms with van der Waals surface area (Å²) in [6.45, 7) is 1.83. The summed E-state index contributed by atoms with van der Waals surface area (Å²) in [7, 11) is -3.63. The van der Waals surface area contributed by atoms with Crippen LogP contribution in [0.15, 0.2) is 29.6 Å². The summed E-state index contributed by atoms with van der Waals surface area (Å²) in [5.41, 5.74) is 7.19. The second-order valence-electron chi connectivity index (χ2n) is 4.04. The number of imidazole rings is 1. The van der Waals surface area contributed by atoms with Crippen molar-refractivity contribution in [2.75, 3.05) is 5.73 Å². The summed E-state index contributed by atoms with van der Waals surface area (Å²) in [6, 6.07) is 2.82. The fourth-order valence-corrected chi connectivity index (χ4v) is 2.79. The molecule has 19 heavy (non-hydrogen) atoms. The van der Waals surface area contributed by atoms with Crippen molar-refractivity contribution >= 4 is 27.3 Å². The third kappa shape index (κ3) is 3.06. The lowest BCUT2D eigenvalue weighted by molar-refractivity contribution is 0.580. The molecule has 0 saturated heterocycles. The van der Waals surface area contributed by atoms with Crippen molar-refractivity contribution in [1.29, 1.82) is 0 Å². The molecule has 4 N–H and O–H groups in total. The number of aryl methyl sites for hydroxylation is 1. The van der Waals surface area contributed by atoms with Crippen LogP contribution in [0.3, 0.4) is 0 Å². The van der Waals surface area contributed by atoms with Crippen LogP contribution in [0.4, 0.5) is 5.69 Å². The number of anilines is 1. The minimum Gasteiger partial charge on any atom is -0.397 e. The zero-order valence-corrected chi connectivity index (χ0v) is 11.7. The minimum atomic E-state index is -3.63. The topological polar surface area (TPSA) is 101 Å². The van der Waals surface area contributed by atoms with Crippen LogP contribution in [-0.2, 0) is 16.6 Å². The Bertz CT molecular complexity index is 660. The first kappa shape index (κ1) is 13.9. The molecule has 0 spiro atoms. The Morgan fingerprint density at radius 1 is 1.47 bits per heavy atom. The van der Waals surface area contributed by atoms with Crippen molar-refractivity contribution in [2.45, 2.75) is 18.4 Å². The van der Waals surface area contributed by atoms with Crippen LogP contribution in [-0.4, -0.2) is 18.4 Å². The van der Waals surface area contributed by atoms with Crippen LogP contribution >= 0.6 is 11.6 Å². The number of H-pyrrole nitrogens is 1.